The molecule has 0 unspecified atom stereocenters. The van der Waals surface area contributed by atoms with Gasteiger partial charge in [-0.2, -0.15) is 0 Å². The number of non-ortho nitro benzene ring substituents is 1. The van der Waals surface area contributed by atoms with Crippen LogP contribution in [0.25, 0.3) is 0 Å². The summed E-state index contributed by atoms with van der Waals surface area (Å²) in [6.45, 7) is 3.75. The van der Waals surface area contributed by atoms with Gasteiger partial charge >= 0.3 is 18.3 Å². The van der Waals surface area contributed by atoms with Crippen molar-refractivity contribution in [2.24, 2.45) is 0 Å². The van der Waals surface area contributed by atoms with Gasteiger partial charge in [0.05, 0.1) is 18.1 Å². The van der Waals surface area contributed by atoms with Crippen LogP contribution in [-0.2, 0) is 25.6 Å². The van der Waals surface area contributed by atoms with E-state index in [4.69, 9.17) is 23.7 Å². The predicted molar refractivity (Wildman–Crippen MR) is 122 cm³/mol. The zero-order valence-corrected chi connectivity index (χ0v) is 18.9. The second kappa shape index (κ2) is 14.7. The third-order valence-electron chi connectivity index (χ3n) is 4.40. The smallest absolute Gasteiger partial charge is 0.463 e. The van der Waals surface area contributed by atoms with Crippen LogP contribution in [0.15, 0.2) is 61.2 Å². The van der Waals surface area contributed by atoms with Gasteiger partial charge < -0.3 is 23.7 Å². The number of ether oxygens (including phenoxy) is 5. The molecule has 2 rings (SSSR count). The van der Waals surface area contributed by atoms with Gasteiger partial charge in [0.2, 0.25) is 0 Å². The van der Waals surface area contributed by atoms with Gasteiger partial charge in [-0.1, -0.05) is 18.7 Å². The lowest BCUT2D eigenvalue weighted by Crippen LogP contribution is -2.12. The molecule has 0 spiro atoms. The molecule has 0 aromatic heterocycles. The first-order valence-electron chi connectivity index (χ1n) is 10.7. The molecule has 11 nitrogen and oxygen atoms in total. The zero-order valence-electron chi connectivity index (χ0n) is 18.9. The molecule has 0 radical (unpaired) electrons. The largest absolute Gasteiger partial charge is 0.514 e. The summed E-state index contributed by atoms with van der Waals surface area (Å²) < 4.78 is 24.9. The Labute approximate surface area is 201 Å². The molecule has 0 bridgehead atoms. The summed E-state index contributed by atoms with van der Waals surface area (Å²) in [7, 11) is 0. The van der Waals surface area contributed by atoms with Crippen molar-refractivity contribution in [3.63, 3.8) is 0 Å². The van der Waals surface area contributed by atoms with E-state index in [0.29, 0.717) is 18.6 Å². The number of nitro groups is 1. The monoisotopic (exact) mass is 487 g/mol. The minimum absolute atomic E-state index is 0.0939. The number of nitro benzene ring substituents is 1. The molecule has 0 atom stereocenters. The first-order valence-corrected chi connectivity index (χ1v) is 10.7. The van der Waals surface area contributed by atoms with Crippen LogP contribution < -0.4 is 9.47 Å². The van der Waals surface area contributed by atoms with E-state index in [2.05, 4.69) is 6.58 Å². The number of esters is 1. The first-order chi connectivity index (χ1) is 16.9. The van der Waals surface area contributed by atoms with Crippen LogP contribution in [-0.4, -0.2) is 36.4 Å². The van der Waals surface area contributed by atoms with E-state index >= 15 is 0 Å². The number of unbranched alkanes of at least 4 members (excludes halogenated alkanes) is 3. The summed E-state index contributed by atoms with van der Waals surface area (Å²) in [5, 5.41) is 10.6. The molecule has 0 aliphatic carbocycles. The van der Waals surface area contributed by atoms with Crippen molar-refractivity contribution in [2.75, 3.05) is 13.2 Å². The minimum atomic E-state index is -0.972. The third-order valence-corrected chi connectivity index (χ3v) is 4.40. The highest BCUT2D eigenvalue weighted by Crippen LogP contribution is 2.18. The van der Waals surface area contributed by atoms with Gasteiger partial charge in [0.15, 0.2) is 0 Å². The number of rotatable bonds is 13. The molecule has 11 heteroatoms. The van der Waals surface area contributed by atoms with Gasteiger partial charge in [0, 0.05) is 18.2 Å². The summed E-state index contributed by atoms with van der Waals surface area (Å²) in [6.07, 6.45) is 2.31. The lowest BCUT2D eigenvalue weighted by molar-refractivity contribution is -0.384. The Morgan fingerprint density at radius 2 is 1.29 bits per heavy atom. The summed E-state index contributed by atoms with van der Waals surface area (Å²) in [5.41, 5.74) is 0.489. The van der Waals surface area contributed by atoms with E-state index in [0.717, 1.165) is 25.3 Å². The van der Waals surface area contributed by atoms with Crippen LogP contribution in [0.3, 0.4) is 0 Å². The summed E-state index contributed by atoms with van der Waals surface area (Å²) >= 11 is 0. The van der Waals surface area contributed by atoms with Crippen molar-refractivity contribution in [1.82, 2.24) is 0 Å². The molecule has 0 saturated heterocycles. The van der Waals surface area contributed by atoms with Crippen molar-refractivity contribution in [2.45, 2.75) is 32.3 Å². The number of carbonyl (C=O) groups is 3. The molecular weight excluding hydrogens is 462 g/mol. The molecule has 0 fully saturated rings. The average molecular weight is 487 g/mol. The Kier molecular flexibility index (Phi) is 11.3. The molecule has 0 amide bonds. The van der Waals surface area contributed by atoms with Crippen LogP contribution in [0, 0.1) is 10.1 Å². The highest BCUT2D eigenvalue weighted by molar-refractivity contribution is 5.81. The fourth-order valence-corrected chi connectivity index (χ4v) is 2.63. The standard InChI is InChI=1S/C24H25NO10/c1-2-22(26)31-15-5-3-4-6-16-32-23(27)34-20-11-7-18(8-12-20)17-33-24(28)35-21-13-9-19(10-14-21)25(29)30/h2,7-14H,1,3-6,15-17H2. The molecule has 0 N–H and O–H groups in total. The second-order valence-corrected chi connectivity index (χ2v) is 7.02. The molecule has 2 aromatic rings. The fraction of sp³-hybridized carbons (Fsp3) is 0.292. The van der Waals surface area contributed by atoms with Gasteiger partial charge in [-0.25, -0.2) is 14.4 Å². The van der Waals surface area contributed by atoms with E-state index < -0.39 is 23.2 Å². The molecule has 0 saturated carbocycles. The van der Waals surface area contributed by atoms with Gasteiger partial charge in [-0.05, 0) is 55.5 Å². The van der Waals surface area contributed by atoms with Crippen molar-refractivity contribution >= 4 is 24.0 Å². The van der Waals surface area contributed by atoms with Crippen molar-refractivity contribution in [1.29, 1.82) is 0 Å². The molecule has 0 heterocycles. The van der Waals surface area contributed by atoms with E-state index in [1.165, 1.54) is 36.4 Å². The van der Waals surface area contributed by atoms with Crippen LogP contribution in [0.1, 0.15) is 31.2 Å². The number of nitrogens with zero attached hydrogens (tertiary/aromatic N) is 1. The normalized spacial score (nSPS) is 10.1. The Morgan fingerprint density at radius 1 is 0.771 bits per heavy atom. The van der Waals surface area contributed by atoms with Crippen LogP contribution in [0.2, 0.25) is 0 Å². The highest BCUT2D eigenvalue weighted by Gasteiger charge is 2.10. The van der Waals surface area contributed by atoms with Crippen LogP contribution >= 0.6 is 0 Å². The first kappa shape index (κ1) is 26.8. The maximum Gasteiger partial charge on any atom is 0.514 e. The SMILES string of the molecule is C=CC(=O)OCCCCCCOC(=O)Oc1ccc(COC(=O)Oc2ccc([N+](=O)[O-])cc2)cc1. The molecule has 2 aromatic carbocycles. The van der Waals surface area contributed by atoms with E-state index in [1.54, 1.807) is 12.1 Å². The topological polar surface area (TPSA) is 140 Å². The summed E-state index contributed by atoms with van der Waals surface area (Å²) in [4.78, 5) is 44.5. The van der Waals surface area contributed by atoms with Crippen LogP contribution in [0.5, 0.6) is 11.5 Å². The fourth-order valence-electron chi connectivity index (χ4n) is 2.63. The average Bonchev–Trinajstić information content (AvgIpc) is 2.85. The zero-order chi connectivity index (χ0) is 25.5. The van der Waals surface area contributed by atoms with Gasteiger partial charge in [0.1, 0.15) is 18.1 Å². The Morgan fingerprint density at radius 3 is 1.83 bits per heavy atom. The lowest BCUT2D eigenvalue weighted by atomic mass is 10.2. The Balaban J connectivity index is 1.60. The summed E-state index contributed by atoms with van der Waals surface area (Å²) in [5.74, 6) is -0.0769. The van der Waals surface area contributed by atoms with Gasteiger partial charge in [-0.3, -0.25) is 10.1 Å². The Bertz CT molecular complexity index is 1000. The number of benzene rings is 2. The summed E-state index contributed by atoms with van der Waals surface area (Å²) in [6, 6.07) is 11.2. The van der Waals surface area contributed by atoms with Crippen LogP contribution in [0.4, 0.5) is 15.3 Å². The maximum absolute atomic E-state index is 11.8. The van der Waals surface area contributed by atoms with Crippen molar-refractivity contribution in [3.05, 3.63) is 76.9 Å². The van der Waals surface area contributed by atoms with E-state index in [-0.39, 0.29) is 30.4 Å². The lowest BCUT2D eigenvalue weighted by Gasteiger charge is -2.08. The van der Waals surface area contributed by atoms with Crippen molar-refractivity contribution < 1.29 is 43.0 Å². The maximum atomic E-state index is 11.8. The highest BCUT2D eigenvalue weighted by atomic mass is 16.7. The third kappa shape index (κ3) is 10.8. The van der Waals surface area contributed by atoms with Gasteiger partial charge in [-0.15, -0.1) is 0 Å². The number of carbonyl (C=O) groups excluding carboxylic acids is 3. The van der Waals surface area contributed by atoms with Gasteiger partial charge in [0.25, 0.3) is 5.69 Å². The predicted octanol–water partition coefficient (Wildman–Crippen LogP) is 5.12. The molecule has 35 heavy (non-hydrogen) atoms. The van der Waals surface area contributed by atoms with E-state index in [1.807, 2.05) is 0 Å². The number of hydrogen-bond donors (Lipinski definition) is 0. The second-order valence-electron chi connectivity index (χ2n) is 7.02. The molecule has 0 aliphatic rings. The Hall–Kier alpha value is -4.41. The van der Waals surface area contributed by atoms with E-state index in [9.17, 15) is 24.5 Å². The quantitative estimate of drug-likeness (QED) is 0.0711. The molecule has 186 valence electrons. The number of hydrogen-bond acceptors (Lipinski definition) is 10. The molecular formula is C24H25NO10. The minimum Gasteiger partial charge on any atom is -0.463 e. The molecule has 0 aliphatic heterocycles. The van der Waals surface area contributed by atoms with Crippen molar-refractivity contribution in [3.8, 4) is 11.5 Å².